The standard InChI is InChI=1S/C20H15N5O3S/c26-18(21-17-7-3-5-13-4-1-2-6-16(13)17)12-29-20-22-23-24-25(20)15-10-8-14(9-11-15)19(27)28/h1-11H,12H2,(H,21,26)(H,27,28)/p-1. The third kappa shape index (κ3) is 4.09. The van der Waals surface area contributed by atoms with E-state index in [1.807, 2.05) is 42.5 Å². The predicted octanol–water partition coefficient (Wildman–Crippen LogP) is 1.91. The van der Waals surface area contributed by atoms with Crippen molar-refractivity contribution >= 4 is 40.1 Å². The molecule has 0 saturated carbocycles. The van der Waals surface area contributed by atoms with Crippen LogP contribution >= 0.6 is 11.8 Å². The lowest BCUT2D eigenvalue weighted by Gasteiger charge is -2.09. The number of anilines is 1. The van der Waals surface area contributed by atoms with E-state index < -0.39 is 5.97 Å². The van der Waals surface area contributed by atoms with Gasteiger partial charge in [-0.25, -0.2) is 0 Å². The van der Waals surface area contributed by atoms with E-state index in [9.17, 15) is 14.7 Å². The smallest absolute Gasteiger partial charge is 0.234 e. The molecule has 1 amide bonds. The van der Waals surface area contributed by atoms with Gasteiger partial charge in [-0.05, 0) is 39.6 Å². The van der Waals surface area contributed by atoms with Gasteiger partial charge in [0, 0.05) is 11.1 Å². The molecule has 9 heteroatoms. The second kappa shape index (κ2) is 8.11. The Morgan fingerprint density at radius 1 is 1.00 bits per heavy atom. The molecule has 0 radical (unpaired) electrons. The summed E-state index contributed by atoms with van der Waals surface area (Å²) < 4.78 is 1.44. The highest BCUT2D eigenvalue weighted by Crippen LogP contribution is 2.24. The van der Waals surface area contributed by atoms with Gasteiger partial charge in [0.05, 0.1) is 17.4 Å². The lowest BCUT2D eigenvalue weighted by Crippen LogP contribution is -2.22. The van der Waals surface area contributed by atoms with E-state index in [1.54, 1.807) is 12.1 Å². The average molecular weight is 404 g/mol. The van der Waals surface area contributed by atoms with E-state index in [4.69, 9.17) is 0 Å². The van der Waals surface area contributed by atoms with Gasteiger partial charge in [-0.1, -0.05) is 60.3 Å². The van der Waals surface area contributed by atoms with Gasteiger partial charge in [0.1, 0.15) is 0 Å². The van der Waals surface area contributed by atoms with Crippen molar-refractivity contribution in [2.24, 2.45) is 0 Å². The Morgan fingerprint density at radius 2 is 1.76 bits per heavy atom. The first-order valence-corrected chi connectivity index (χ1v) is 9.61. The van der Waals surface area contributed by atoms with Gasteiger partial charge in [-0.2, -0.15) is 4.68 Å². The van der Waals surface area contributed by atoms with Crippen molar-refractivity contribution < 1.29 is 14.7 Å². The Bertz CT molecular complexity index is 1180. The summed E-state index contributed by atoms with van der Waals surface area (Å²) in [7, 11) is 0. The lowest BCUT2D eigenvalue weighted by molar-refractivity contribution is -0.255. The lowest BCUT2D eigenvalue weighted by atomic mass is 10.1. The Balaban J connectivity index is 1.45. The van der Waals surface area contributed by atoms with Crippen LogP contribution in [0.25, 0.3) is 16.5 Å². The van der Waals surface area contributed by atoms with Crippen LogP contribution in [0.3, 0.4) is 0 Å². The molecule has 0 unspecified atom stereocenters. The number of nitrogens with zero attached hydrogens (tertiary/aromatic N) is 4. The van der Waals surface area contributed by atoms with E-state index in [2.05, 4.69) is 20.8 Å². The number of aromatic nitrogens is 4. The van der Waals surface area contributed by atoms with Crippen molar-refractivity contribution in [1.82, 2.24) is 20.2 Å². The van der Waals surface area contributed by atoms with Crippen LogP contribution < -0.4 is 10.4 Å². The molecule has 4 rings (SSSR count). The number of nitrogens with one attached hydrogen (secondary N) is 1. The fourth-order valence-electron chi connectivity index (χ4n) is 2.82. The van der Waals surface area contributed by atoms with Gasteiger partial charge < -0.3 is 15.2 Å². The number of tetrazole rings is 1. The zero-order valence-corrected chi connectivity index (χ0v) is 15.8. The second-order valence-electron chi connectivity index (χ2n) is 6.07. The molecule has 1 heterocycles. The number of hydrogen-bond acceptors (Lipinski definition) is 7. The minimum absolute atomic E-state index is 0.0606. The zero-order chi connectivity index (χ0) is 20.2. The van der Waals surface area contributed by atoms with Crippen LogP contribution in [0, 0.1) is 0 Å². The number of rotatable bonds is 6. The number of thioether (sulfide) groups is 1. The van der Waals surface area contributed by atoms with Crippen LogP contribution in [0.1, 0.15) is 10.4 Å². The minimum Gasteiger partial charge on any atom is -0.545 e. The average Bonchev–Trinajstić information content (AvgIpc) is 3.21. The molecule has 3 aromatic carbocycles. The van der Waals surface area contributed by atoms with Crippen molar-refractivity contribution in [2.45, 2.75) is 5.16 Å². The number of aromatic carboxylic acids is 1. The molecule has 0 saturated heterocycles. The molecule has 0 aliphatic rings. The maximum atomic E-state index is 12.4. The minimum atomic E-state index is -1.26. The van der Waals surface area contributed by atoms with E-state index >= 15 is 0 Å². The second-order valence-corrected chi connectivity index (χ2v) is 7.01. The Hall–Kier alpha value is -3.72. The van der Waals surface area contributed by atoms with Gasteiger partial charge in [-0.3, -0.25) is 4.79 Å². The van der Waals surface area contributed by atoms with Crippen LogP contribution in [-0.4, -0.2) is 37.8 Å². The molecule has 0 aliphatic carbocycles. The number of carbonyl (C=O) groups is 2. The first-order valence-electron chi connectivity index (χ1n) is 8.62. The van der Waals surface area contributed by atoms with Crippen molar-refractivity contribution in [3.63, 3.8) is 0 Å². The van der Waals surface area contributed by atoms with Crippen LogP contribution in [0.5, 0.6) is 0 Å². The maximum absolute atomic E-state index is 12.4. The molecular weight excluding hydrogens is 390 g/mol. The normalized spacial score (nSPS) is 10.8. The summed E-state index contributed by atoms with van der Waals surface area (Å²) >= 11 is 1.18. The third-order valence-corrected chi connectivity index (χ3v) is 5.10. The molecule has 29 heavy (non-hydrogen) atoms. The Labute approximate surface area is 169 Å². The van der Waals surface area contributed by atoms with Crippen molar-refractivity contribution in [2.75, 3.05) is 11.1 Å². The van der Waals surface area contributed by atoms with Gasteiger partial charge >= 0.3 is 0 Å². The maximum Gasteiger partial charge on any atom is 0.234 e. The number of fused-ring (bicyclic) bond motifs is 1. The van der Waals surface area contributed by atoms with E-state index in [-0.39, 0.29) is 17.2 Å². The largest absolute Gasteiger partial charge is 0.545 e. The number of carboxylic acids is 1. The number of carboxylic acid groups (broad SMARTS) is 1. The van der Waals surface area contributed by atoms with Crippen molar-refractivity contribution in [1.29, 1.82) is 0 Å². The highest BCUT2D eigenvalue weighted by Gasteiger charge is 2.12. The SMILES string of the molecule is O=C(CSc1nnnn1-c1ccc(C(=O)[O-])cc1)Nc1cccc2ccccc12. The molecule has 0 atom stereocenters. The summed E-state index contributed by atoms with van der Waals surface area (Å²) in [5.41, 5.74) is 1.38. The summed E-state index contributed by atoms with van der Waals surface area (Å²) in [4.78, 5) is 23.3. The molecule has 0 bridgehead atoms. The molecule has 4 aromatic rings. The van der Waals surface area contributed by atoms with Crippen molar-refractivity contribution in [3.8, 4) is 5.69 Å². The number of benzene rings is 3. The molecule has 8 nitrogen and oxygen atoms in total. The number of hydrogen-bond donors (Lipinski definition) is 1. The summed E-state index contributed by atoms with van der Waals surface area (Å²) in [6, 6.07) is 19.5. The third-order valence-electron chi connectivity index (χ3n) is 4.18. The molecule has 0 fully saturated rings. The molecule has 0 aliphatic heterocycles. The van der Waals surface area contributed by atoms with Gasteiger partial charge in [0.2, 0.25) is 11.1 Å². The monoisotopic (exact) mass is 404 g/mol. The summed E-state index contributed by atoms with van der Waals surface area (Å²) in [5, 5.41) is 27.7. The Morgan fingerprint density at radius 3 is 2.55 bits per heavy atom. The van der Waals surface area contributed by atoms with Gasteiger partial charge in [0.25, 0.3) is 0 Å². The highest BCUT2D eigenvalue weighted by atomic mass is 32.2. The van der Waals surface area contributed by atoms with E-state index in [0.717, 1.165) is 16.5 Å². The number of carbonyl (C=O) groups excluding carboxylic acids is 2. The van der Waals surface area contributed by atoms with Gasteiger partial charge in [0.15, 0.2) is 0 Å². The highest BCUT2D eigenvalue weighted by molar-refractivity contribution is 7.99. The zero-order valence-electron chi connectivity index (χ0n) is 15.0. The summed E-state index contributed by atoms with van der Waals surface area (Å²) in [5.74, 6) is -1.33. The van der Waals surface area contributed by atoms with Crippen molar-refractivity contribution in [3.05, 3.63) is 72.3 Å². The van der Waals surface area contributed by atoms with Gasteiger partial charge in [-0.15, -0.1) is 5.10 Å². The fourth-order valence-corrected chi connectivity index (χ4v) is 3.51. The fraction of sp³-hybridized carbons (Fsp3) is 0.0500. The molecule has 1 N–H and O–H groups in total. The molecule has 144 valence electrons. The first-order chi connectivity index (χ1) is 14.1. The predicted molar refractivity (Wildman–Crippen MR) is 107 cm³/mol. The first kappa shape index (κ1) is 18.6. The van der Waals surface area contributed by atoms with Crippen LogP contribution in [0.4, 0.5) is 5.69 Å². The topological polar surface area (TPSA) is 113 Å². The molecular formula is C20H14N5O3S-. The van der Waals surface area contributed by atoms with Crippen LogP contribution in [-0.2, 0) is 4.79 Å². The summed E-state index contributed by atoms with van der Waals surface area (Å²) in [6.45, 7) is 0. The van der Waals surface area contributed by atoms with Crippen LogP contribution in [0.2, 0.25) is 0 Å². The summed E-state index contributed by atoms with van der Waals surface area (Å²) in [6.07, 6.45) is 0. The van der Waals surface area contributed by atoms with Crippen LogP contribution in [0.15, 0.2) is 71.9 Å². The van der Waals surface area contributed by atoms with E-state index in [1.165, 1.54) is 28.6 Å². The molecule has 1 aromatic heterocycles. The number of amides is 1. The van der Waals surface area contributed by atoms with E-state index in [0.29, 0.717) is 10.8 Å². The quantitative estimate of drug-likeness (QED) is 0.488. The Kier molecular flexibility index (Phi) is 5.21. The molecule has 0 spiro atoms.